The fourth-order valence-corrected chi connectivity index (χ4v) is 4.84. The molecular formula is C26H25N5. The van der Waals surface area contributed by atoms with Crippen LogP contribution in [-0.2, 0) is 5.54 Å². The molecule has 1 aromatic heterocycles. The van der Waals surface area contributed by atoms with Crippen molar-refractivity contribution in [3.8, 4) is 11.1 Å². The highest BCUT2D eigenvalue weighted by atomic mass is 15.4. The van der Waals surface area contributed by atoms with Crippen molar-refractivity contribution < 1.29 is 0 Å². The molecule has 0 spiro atoms. The summed E-state index contributed by atoms with van der Waals surface area (Å²) in [5.74, 6) is 2.22. The summed E-state index contributed by atoms with van der Waals surface area (Å²) in [6, 6.07) is 21.6. The highest BCUT2D eigenvalue weighted by Gasteiger charge is 2.49. The summed E-state index contributed by atoms with van der Waals surface area (Å²) in [5.41, 5.74) is 11.6. The Morgan fingerprint density at radius 1 is 0.935 bits per heavy atom. The summed E-state index contributed by atoms with van der Waals surface area (Å²) < 4.78 is 0. The third kappa shape index (κ3) is 2.95. The average Bonchev–Trinajstić information content (AvgIpc) is 3.65. The topological polar surface area (TPSA) is 66.9 Å². The molecule has 1 unspecified atom stereocenters. The molecule has 2 aromatic carbocycles. The SMILES string of the molecule is NC1=NC(c2ccc(C3CC3)cc2)(c2cccc(-c3cccnc3)c2)C2=NCCCN12. The Labute approximate surface area is 182 Å². The first-order chi connectivity index (χ1) is 15.3. The molecule has 3 aliphatic rings. The van der Waals surface area contributed by atoms with Crippen molar-refractivity contribution in [1.29, 1.82) is 0 Å². The van der Waals surface area contributed by atoms with E-state index < -0.39 is 5.54 Å². The van der Waals surface area contributed by atoms with E-state index in [1.165, 1.54) is 18.4 Å². The van der Waals surface area contributed by atoms with Gasteiger partial charge >= 0.3 is 0 Å². The van der Waals surface area contributed by atoms with Crippen LogP contribution in [0.5, 0.6) is 0 Å². The molecule has 0 radical (unpaired) electrons. The molecule has 31 heavy (non-hydrogen) atoms. The van der Waals surface area contributed by atoms with E-state index in [1.807, 2.05) is 12.3 Å². The lowest BCUT2D eigenvalue weighted by atomic mass is 9.80. The molecule has 5 heteroatoms. The van der Waals surface area contributed by atoms with E-state index in [-0.39, 0.29) is 0 Å². The molecule has 154 valence electrons. The smallest absolute Gasteiger partial charge is 0.198 e. The number of rotatable bonds is 4. The number of aromatic nitrogens is 1. The lowest BCUT2D eigenvalue weighted by Crippen LogP contribution is -2.46. The number of benzene rings is 2. The number of aliphatic imine (C=N–C) groups is 2. The number of hydrogen-bond donors (Lipinski definition) is 1. The van der Waals surface area contributed by atoms with E-state index in [1.54, 1.807) is 6.20 Å². The molecular weight excluding hydrogens is 382 g/mol. The standard InChI is InChI=1S/C26H25N5/c27-25-30-26(24-29-14-3-15-31(24)25,22-11-9-19(10-12-22)18-7-8-18)23-6-1-4-20(16-23)21-5-2-13-28-17-21/h1-2,4-6,9-13,16-18H,3,7-8,14-15H2,(H2,27,30). The van der Waals surface area contributed by atoms with Crippen LogP contribution in [0.4, 0.5) is 0 Å². The average molecular weight is 408 g/mol. The number of nitrogens with zero attached hydrogens (tertiary/aromatic N) is 4. The second kappa shape index (κ2) is 7.05. The summed E-state index contributed by atoms with van der Waals surface area (Å²) in [4.78, 5) is 16.4. The maximum atomic E-state index is 6.46. The van der Waals surface area contributed by atoms with Gasteiger partial charge in [0.1, 0.15) is 5.84 Å². The van der Waals surface area contributed by atoms with Gasteiger partial charge in [-0.25, -0.2) is 4.99 Å². The largest absolute Gasteiger partial charge is 0.369 e. The minimum absolute atomic E-state index is 0.552. The summed E-state index contributed by atoms with van der Waals surface area (Å²) in [5, 5.41) is 0. The van der Waals surface area contributed by atoms with Crippen LogP contribution in [0, 0.1) is 0 Å². The van der Waals surface area contributed by atoms with Crippen molar-refractivity contribution in [2.45, 2.75) is 30.7 Å². The maximum absolute atomic E-state index is 6.46. The van der Waals surface area contributed by atoms with Gasteiger partial charge in [-0.3, -0.25) is 14.9 Å². The minimum Gasteiger partial charge on any atom is -0.369 e. The first kappa shape index (κ1) is 18.3. The van der Waals surface area contributed by atoms with Gasteiger partial charge in [0.25, 0.3) is 0 Å². The van der Waals surface area contributed by atoms with Gasteiger partial charge in [0.05, 0.1) is 0 Å². The molecule has 2 aliphatic heterocycles. The van der Waals surface area contributed by atoms with Crippen LogP contribution < -0.4 is 5.73 Å². The van der Waals surface area contributed by atoms with Gasteiger partial charge in [0.2, 0.25) is 0 Å². The number of hydrogen-bond acceptors (Lipinski definition) is 5. The Kier molecular flexibility index (Phi) is 4.16. The zero-order valence-corrected chi connectivity index (χ0v) is 17.4. The van der Waals surface area contributed by atoms with E-state index in [2.05, 4.69) is 64.5 Å². The number of amidine groups is 1. The predicted molar refractivity (Wildman–Crippen MR) is 124 cm³/mol. The highest BCUT2D eigenvalue weighted by Crippen LogP contribution is 2.44. The highest BCUT2D eigenvalue weighted by molar-refractivity contribution is 6.12. The molecule has 0 bridgehead atoms. The Morgan fingerprint density at radius 2 is 1.77 bits per heavy atom. The third-order valence-electron chi connectivity index (χ3n) is 6.59. The predicted octanol–water partition coefficient (Wildman–Crippen LogP) is 4.30. The van der Waals surface area contributed by atoms with Gasteiger partial charge in [-0.1, -0.05) is 48.5 Å². The second-order valence-electron chi connectivity index (χ2n) is 8.61. The van der Waals surface area contributed by atoms with Crippen molar-refractivity contribution in [3.63, 3.8) is 0 Å². The molecule has 0 saturated heterocycles. The molecule has 1 saturated carbocycles. The summed E-state index contributed by atoms with van der Waals surface area (Å²) in [6.07, 6.45) is 7.28. The Morgan fingerprint density at radius 3 is 2.55 bits per heavy atom. The fourth-order valence-electron chi connectivity index (χ4n) is 4.84. The van der Waals surface area contributed by atoms with Crippen LogP contribution in [0.1, 0.15) is 41.9 Å². The van der Waals surface area contributed by atoms with Gasteiger partial charge in [-0.2, -0.15) is 0 Å². The zero-order chi connectivity index (χ0) is 20.8. The van der Waals surface area contributed by atoms with E-state index in [4.69, 9.17) is 15.7 Å². The van der Waals surface area contributed by atoms with E-state index in [9.17, 15) is 0 Å². The number of nitrogens with two attached hydrogens (primary N) is 1. The molecule has 1 fully saturated rings. The van der Waals surface area contributed by atoms with Crippen molar-refractivity contribution in [2.75, 3.05) is 13.1 Å². The van der Waals surface area contributed by atoms with Gasteiger partial charge in [0, 0.05) is 25.5 Å². The van der Waals surface area contributed by atoms with E-state index in [0.717, 1.165) is 53.5 Å². The summed E-state index contributed by atoms with van der Waals surface area (Å²) in [6.45, 7) is 1.66. The van der Waals surface area contributed by atoms with Crippen LogP contribution in [0.25, 0.3) is 11.1 Å². The monoisotopic (exact) mass is 407 g/mol. The number of pyridine rings is 1. The molecule has 0 amide bonds. The van der Waals surface area contributed by atoms with Crippen LogP contribution >= 0.6 is 0 Å². The van der Waals surface area contributed by atoms with Gasteiger partial charge in [-0.05, 0) is 65.1 Å². The molecule has 3 aromatic rings. The van der Waals surface area contributed by atoms with Crippen LogP contribution in [-0.4, -0.2) is 34.8 Å². The first-order valence-corrected chi connectivity index (χ1v) is 11.0. The zero-order valence-electron chi connectivity index (χ0n) is 17.4. The van der Waals surface area contributed by atoms with Crippen LogP contribution in [0.2, 0.25) is 0 Å². The van der Waals surface area contributed by atoms with Crippen molar-refractivity contribution in [3.05, 3.63) is 89.7 Å². The molecule has 5 nitrogen and oxygen atoms in total. The molecule has 1 atom stereocenters. The minimum atomic E-state index is -0.717. The Hall–Kier alpha value is -3.47. The van der Waals surface area contributed by atoms with E-state index in [0.29, 0.717) is 5.96 Å². The lowest BCUT2D eigenvalue weighted by Gasteiger charge is -2.33. The maximum Gasteiger partial charge on any atom is 0.198 e. The Bertz CT molecular complexity index is 1180. The molecule has 3 heterocycles. The normalized spacial score (nSPS) is 22.6. The third-order valence-corrected chi connectivity index (χ3v) is 6.59. The van der Waals surface area contributed by atoms with Gasteiger partial charge < -0.3 is 5.73 Å². The Balaban J connectivity index is 1.54. The van der Waals surface area contributed by atoms with E-state index >= 15 is 0 Å². The summed E-state index contributed by atoms with van der Waals surface area (Å²) in [7, 11) is 0. The molecule has 2 N–H and O–H groups in total. The fraction of sp³-hybridized carbons (Fsp3) is 0.269. The van der Waals surface area contributed by atoms with Crippen LogP contribution in [0.15, 0.2) is 83.0 Å². The lowest BCUT2D eigenvalue weighted by molar-refractivity contribution is 0.531. The molecule has 6 rings (SSSR count). The summed E-state index contributed by atoms with van der Waals surface area (Å²) >= 11 is 0. The van der Waals surface area contributed by atoms with Crippen molar-refractivity contribution in [2.24, 2.45) is 15.7 Å². The second-order valence-corrected chi connectivity index (χ2v) is 8.61. The number of fused-ring (bicyclic) bond motifs is 1. The van der Waals surface area contributed by atoms with Gasteiger partial charge in [-0.15, -0.1) is 0 Å². The quantitative estimate of drug-likeness (QED) is 0.701. The van der Waals surface area contributed by atoms with Crippen molar-refractivity contribution in [1.82, 2.24) is 9.88 Å². The van der Waals surface area contributed by atoms with Crippen LogP contribution in [0.3, 0.4) is 0 Å². The number of guanidine groups is 1. The first-order valence-electron chi connectivity index (χ1n) is 11.0. The van der Waals surface area contributed by atoms with Gasteiger partial charge in [0.15, 0.2) is 11.5 Å². The molecule has 1 aliphatic carbocycles. The van der Waals surface area contributed by atoms with Crippen molar-refractivity contribution >= 4 is 11.8 Å².